The number of carbonyl (C=O) groups is 1. The third kappa shape index (κ3) is 3.84. The fourth-order valence-electron chi connectivity index (χ4n) is 3.80. The van der Waals surface area contributed by atoms with Gasteiger partial charge in [-0.2, -0.15) is 18.2 Å². The van der Waals surface area contributed by atoms with E-state index in [1.54, 1.807) is 0 Å². The molecule has 2 heterocycles. The van der Waals surface area contributed by atoms with Crippen molar-refractivity contribution >= 4 is 11.6 Å². The molecule has 1 saturated heterocycles. The van der Waals surface area contributed by atoms with Crippen molar-refractivity contribution < 1.29 is 22.5 Å². The number of nitrogens with zero attached hydrogens (tertiary/aromatic N) is 4. The van der Waals surface area contributed by atoms with Gasteiger partial charge >= 0.3 is 12.1 Å². The lowest BCUT2D eigenvalue weighted by atomic mass is 9.77. The minimum atomic E-state index is -4.69. The molecule has 1 aromatic carbocycles. The summed E-state index contributed by atoms with van der Waals surface area (Å²) in [6.07, 6.45) is -2.09. The van der Waals surface area contributed by atoms with Crippen molar-refractivity contribution in [3.8, 4) is 11.4 Å². The molecule has 0 bridgehead atoms. The van der Waals surface area contributed by atoms with Crippen molar-refractivity contribution in [2.45, 2.75) is 25.9 Å². The number of amides is 1. The van der Waals surface area contributed by atoms with Crippen molar-refractivity contribution in [3.63, 3.8) is 0 Å². The Labute approximate surface area is 159 Å². The predicted octanol–water partition coefficient (Wildman–Crippen LogP) is 3.70. The molecule has 1 aliphatic heterocycles. The molecule has 1 aromatic heterocycles. The van der Waals surface area contributed by atoms with E-state index in [2.05, 4.69) is 24.6 Å². The van der Waals surface area contributed by atoms with Crippen LogP contribution in [0.4, 0.5) is 13.2 Å². The summed E-state index contributed by atoms with van der Waals surface area (Å²) < 4.78 is 41.8. The third-order valence-corrected chi connectivity index (χ3v) is 5.36. The van der Waals surface area contributed by atoms with Gasteiger partial charge < -0.3 is 4.52 Å². The molecule has 2 fully saturated rings. The molecular weight excluding hydrogens is 373 g/mol. The molecule has 6 nitrogen and oxygen atoms in total. The molecule has 2 aliphatic rings. The Morgan fingerprint density at radius 1 is 1.21 bits per heavy atom. The average Bonchev–Trinajstić information content (AvgIpc) is 3.22. The fraction of sp³-hybridized carbons (Fsp3) is 0.474. The van der Waals surface area contributed by atoms with Crippen molar-refractivity contribution in [1.82, 2.24) is 15.0 Å². The van der Waals surface area contributed by atoms with Gasteiger partial charge in [-0.1, -0.05) is 17.3 Å². The Kier molecular flexibility index (Phi) is 4.78. The minimum absolute atomic E-state index is 0.185. The molecule has 1 amide bonds. The van der Waals surface area contributed by atoms with Gasteiger partial charge in [0.05, 0.1) is 0 Å². The standard InChI is InChI=1S/C19H19F3N4O2/c1-11(8-26-9-14-6-7-15(14)10-26)23-17(27)13-4-2-12(3-5-13)16-24-18(28-25-16)19(20,21)22/h2-5,14-15H,6-10H2,1H3. The monoisotopic (exact) mass is 392 g/mol. The highest BCUT2D eigenvalue weighted by molar-refractivity contribution is 6.03. The number of benzene rings is 1. The van der Waals surface area contributed by atoms with Gasteiger partial charge in [0.1, 0.15) is 0 Å². The topological polar surface area (TPSA) is 71.6 Å². The third-order valence-electron chi connectivity index (χ3n) is 5.36. The summed E-state index contributed by atoms with van der Waals surface area (Å²) in [5, 5.41) is 3.33. The molecule has 1 aliphatic carbocycles. The van der Waals surface area contributed by atoms with Gasteiger partial charge in [0.25, 0.3) is 5.91 Å². The van der Waals surface area contributed by atoms with Crippen LogP contribution in [0.1, 0.15) is 36.0 Å². The minimum Gasteiger partial charge on any atom is -0.329 e. The van der Waals surface area contributed by atoms with Gasteiger partial charge in [0.2, 0.25) is 5.82 Å². The van der Waals surface area contributed by atoms with E-state index in [-0.39, 0.29) is 11.7 Å². The quantitative estimate of drug-likeness (QED) is 0.742. The van der Waals surface area contributed by atoms with E-state index < -0.39 is 12.1 Å². The number of hydrogen-bond acceptors (Lipinski definition) is 5. The molecule has 0 spiro atoms. The summed E-state index contributed by atoms with van der Waals surface area (Å²) in [4.78, 5) is 22.2. The van der Waals surface area contributed by atoms with Crippen LogP contribution in [-0.2, 0) is 6.18 Å². The van der Waals surface area contributed by atoms with E-state index in [1.165, 1.54) is 37.1 Å². The van der Waals surface area contributed by atoms with E-state index in [0.29, 0.717) is 17.7 Å². The maximum Gasteiger partial charge on any atom is 0.471 e. The zero-order chi connectivity index (χ0) is 19.9. The first kappa shape index (κ1) is 18.8. The molecule has 4 rings (SSSR count). The predicted molar refractivity (Wildman–Crippen MR) is 94.8 cm³/mol. The van der Waals surface area contributed by atoms with Crippen LogP contribution in [0.3, 0.4) is 0 Å². The first-order valence-corrected chi connectivity index (χ1v) is 9.12. The molecule has 1 saturated carbocycles. The van der Waals surface area contributed by atoms with Crippen molar-refractivity contribution in [3.05, 3.63) is 35.7 Å². The number of rotatable bonds is 4. The van der Waals surface area contributed by atoms with Crippen LogP contribution in [0, 0.1) is 11.8 Å². The fourth-order valence-corrected chi connectivity index (χ4v) is 3.80. The van der Waals surface area contributed by atoms with Gasteiger partial charge in [-0.3, -0.25) is 9.69 Å². The summed E-state index contributed by atoms with van der Waals surface area (Å²) in [6, 6.07) is 5.94. The highest BCUT2D eigenvalue weighted by atomic mass is 19.4. The first-order chi connectivity index (χ1) is 13.3. The van der Waals surface area contributed by atoms with Gasteiger partial charge in [-0.25, -0.2) is 4.99 Å². The van der Waals surface area contributed by atoms with Crippen LogP contribution in [0.25, 0.3) is 11.4 Å². The van der Waals surface area contributed by atoms with Crippen molar-refractivity contribution in [2.24, 2.45) is 16.8 Å². The average molecular weight is 392 g/mol. The number of halogens is 3. The highest BCUT2D eigenvalue weighted by Crippen LogP contribution is 2.40. The first-order valence-electron chi connectivity index (χ1n) is 9.12. The maximum atomic E-state index is 12.5. The van der Waals surface area contributed by atoms with E-state index in [4.69, 9.17) is 0 Å². The molecule has 2 unspecified atom stereocenters. The summed E-state index contributed by atoms with van der Waals surface area (Å²) in [6.45, 7) is 4.67. The lowest BCUT2D eigenvalue weighted by molar-refractivity contribution is -0.159. The second-order valence-electron chi connectivity index (χ2n) is 7.44. The van der Waals surface area contributed by atoms with E-state index in [1.807, 2.05) is 6.92 Å². The summed E-state index contributed by atoms with van der Waals surface area (Å²) in [7, 11) is 0. The number of fused-ring (bicyclic) bond motifs is 1. The van der Waals surface area contributed by atoms with Gasteiger partial charge in [-0.15, -0.1) is 0 Å². The second kappa shape index (κ2) is 7.12. The number of carbonyl (C=O) groups excluding carboxylic acids is 1. The Morgan fingerprint density at radius 2 is 1.86 bits per heavy atom. The highest BCUT2D eigenvalue weighted by Gasteiger charge is 2.39. The molecule has 0 radical (unpaired) electrons. The zero-order valence-corrected chi connectivity index (χ0v) is 15.2. The van der Waals surface area contributed by atoms with Crippen LogP contribution in [0.2, 0.25) is 0 Å². The van der Waals surface area contributed by atoms with Crippen LogP contribution >= 0.6 is 0 Å². The molecule has 2 atom stereocenters. The Morgan fingerprint density at radius 3 is 2.39 bits per heavy atom. The number of alkyl halides is 3. The number of aromatic nitrogens is 2. The summed E-state index contributed by atoms with van der Waals surface area (Å²) >= 11 is 0. The smallest absolute Gasteiger partial charge is 0.329 e. The lowest BCUT2D eigenvalue weighted by Gasteiger charge is -2.28. The van der Waals surface area contributed by atoms with Gasteiger partial charge in [-0.05, 0) is 43.7 Å². The molecule has 0 N–H and O–H groups in total. The van der Waals surface area contributed by atoms with Gasteiger partial charge in [0, 0.05) is 36.5 Å². The molecule has 2 aromatic rings. The van der Waals surface area contributed by atoms with Crippen molar-refractivity contribution in [1.29, 1.82) is 0 Å². The SMILES string of the molecule is CC(CN1CC2CCC2C1)=NC(=O)c1ccc(-c2noc(C(F)(F)F)n2)cc1. The van der Waals surface area contributed by atoms with E-state index >= 15 is 0 Å². The van der Waals surface area contributed by atoms with Crippen molar-refractivity contribution in [2.75, 3.05) is 19.6 Å². The molecular formula is C19H19F3N4O2. The number of likely N-dealkylation sites (tertiary alicyclic amines) is 1. The Hall–Kier alpha value is -2.55. The maximum absolute atomic E-state index is 12.5. The van der Waals surface area contributed by atoms with E-state index in [9.17, 15) is 18.0 Å². The second-order valence-corrected chi connectivity index (χ2v) is 7.44. The molecule has 28 heavy (non-hydrogen) atoms. The zero-order valence-electron chi connectivity index (χ0n) is 15.2. The molecule has 148 valence electrons. The normalized spacial score (nSPS) is 22.8. The Bertz CT molecular complexity index is 893. The van der Waals surface area contributed by atoms with E-state index in [0.717, 1.165) is 30.6 Å². The van der Waals surface area contributed by atoms with Gasteiger partial charge in [0.15, 0.2) is 0 Å². The Balaban J connectivity index is 1.40. The summed E-state index contributed by atoms with van der Waals surface area (Å²) in [5.74, 6) is -0.360. The van der Waals surface area contributed by atoms with Crippen LogP contribution in [0.15, 0.2) is 33.8 Å². The lowest BCUT2D eigenvalue weighted by Crippen LogP contribution is -2.26. The van der Waals surface area contributed by atoms with Crippen LogP contribution in [-0.4, -0.2) is 46.3 Å². The summed E-state index contributed by atoms with van der Waals surface area (Å²) in [5.41, 5.74) is 1.43. The number of aliphatic imine (C=N–C) groups is 1. The molecule has 9 heteroatoms. The largest absolute Gasteiger partial charge is 0.471 e. The number of hydrogen-bond donors (Lipinski definition) is 0. The van der Waals surface area contributed by atoms with Crippen LogP contribution in [0.5, 0.6) is 0 Å². The van der Waals surface area contributed by atoms with Crippen LogP contribution < -0.4 is 0 Å².